The smallest absolute Gasteiger partial charge is 0.382 e. The second-order valence-electron chi connectivity index (χ2n) is 4.51. The molecule has 0 saturated carbocycles. The summed E-state index contributed by atoms with van der Waals surface area (Å²) in [4.78, 5) is 3.04. The topological polar surface area (TPSA) is 48.0 Å². The molecule has 0 aliphatic heterocycles. The molecule has 0 aliphatic carbocycles. The summed E-state index contributed by atoms with van der Waals surface area (Å²) in [6, 6.07) is 6.38. The molecular weight excluding hydrogens is 257 g/mol. The molecule has 2 rings (SSSR count). The molecule has 2 aromatic rings. The Hall–Kier alpha value is -1.53. The number of nitrogens with one attached hydrogen (secondary N) is 2. The Bertz CT molecular complexity index is 550. The van der Waals surface area contributed by atoms with Crippen molar-refractivity contribution in [3.05, 3.63) is 36.0 Å². The SMILES string of the molecule is CC(NCc1cccc2[nH]ccc12)C(O)C(F)(F)F. The van der Waals surface area contributed by atoms with Crippen molar-refractivity contribution in [3.8, 4) is 0 Å². The van der Waals surface area contributed by atoms with Crippen molar-refractivity contribution >= 4 is 10.9 Å². The van der Waals surface area contributed by atoms with E-state index in [1.807, 2.05) is 24.3 Å². The Morgan fingerprint density at radius 1 is 1.32 bits per heavy atom. The summed E-state index contributed by atoms with van der Waals surface area (Å²) >= 11 is 0. The van der Waals surface area contributed by atoms with Crippen LogP contribution in [-0.4, -0.2) is 28.4 Å². The van der Waals surface area contributed by atoms with E-state index in [1.54, 1.807) is 6.20 Å². The van der Waals surface area contributed by atoms with E-state index in [-0.39, 0.29) is 6.54 Å². The van der Waals surface area contributed by atoms with E-state index in [2.05, 4.69) is 10.3 Å². The van der Waals surface area contributed by atoms with Crippen LogP contribution in [0.25, 0.3) is 10.9 Å². The van der Waals surface area contributed by atoms with Crippen LogP contribution >= 0.6 is 0 Å². The van der Waals surface area contributed by atoms with Gasteiger partial charge in [0.25, 0.3) is 0 Å². The minimum atomic E-state index is -4.60. The molecule has 2 atom stereocenters. The highest BCUT2D eigenvalue weighted by atomic mass is 19.4. The number of aromatic amines is 1. The zero-order chi connectivity index (χ0) is 14.0. The molecule has 0 fully saturated rings. The van der Waals surface area contributed by atoms with E-state index in [0.717, 1.165) is 16.5 Å². The van der Waals surface area contributed by atoms with Gasteiger partial charge in [-0.25, -0.2) is 0 Å². The molecule has 0 amide bonds. The Morgan fingerprint density at radius 3 is 2.74 bits per heavy atom. The van der Waals surface area contributed by atoms with Crippen LogP contribution in [-0.2, 0) is 6.54 Å². The van der Waals surface area contributed by atoms with Crippen LogP contribution in [0.5, 0.6) is 0 Å². The monoisotopic (exact) mass is 272 g/mol. The third-order valence-electron chi connectivity index (χ3n) is 3.11. The summed E-state index contributed by atoms with van der Waals surface area (Å²) < 4.78 is 37.0. The zero-order valence-electron chi connectivity index (χ0n) is 10.3. The summed E-state index contributed by atoms with van der Waals surface area (Å²) in [5.41, 5.74) is 1.82. The van der Waals surface area contributed by atoms with Crippen LogP contribution in [0.4, 0.5) is 13.2 Å². The molecular formula is C13H15F3N2O. The fourth-order valence-corrected chi connectivity index (χ4v) is 1.97. The first-order valence-electron chi connectivity index (χ1n) is 5.92. The lowest BCUT2D eigenvalue weighted by molar-refractivity contribution is -0.210. The Morgan fingerprint density at radius 2 is 2.05 bits per heavy atom. The minimum Gasteiger partial charge on any atom is -0.382 e. The summed E-state index contributed by atoms with van der Waals surface area (Å²) in [5, 5.41) is 12.8. The number of hydrogen-bond acceptors (Lipinski definition) is 2. The second kappa shape index (κ2) is 5.22. The molecule has 3 nitrogen and oxygen atoms in total. The number of benzene rings is 1. The van der Waals surface area contributed by atoms with Gasteiger partial charge in [-0.1, -0.05) is 12.1 Å². The van der Waals surface area contributed by atoms with E-state index >= 15 is 0 Å². The first-order chi connectivity index (χ1) is 8.89. The molecule has 1 heterocycles. The number of rotatable bonds is 4. The predicted octanol–water partition coefficient (Wildman–Crippen LogP) is 2.57. The van der Waals surface area contributed by atoms with Gasteiger partial charge in [0.1, 0.15) is 0 Å². The average Bonchev–Trinajstić information content (AvgIpc) is 2.82. The maximum atomic E-state index is 12.3. The van der Waals surface area contributed by atoms with Gasteiger partial charge >= 0.3 is 6.18 Å². The summed E-state index contributed by atoms with van der Waals surface area (Å²) in [5.74, 6) is 0. The van der Waals surface area contributed by atoms with Gasteiger partial charge < -0.3 is 15.4 Å². The highest BCUT2D eigenvalue weighted by Gasteiger charge is 2.41. The van der Waals surface area contributed by atoms with Crippen LogP contribution in [0, 0.1) is 0 Å². The van der Waals surface area contributed by atoms with Crippen molar-refractivity contribution in [1.29, 1.82) is 0 Å². The summed E-state index contributed by atoms with van der Waals surface area (Å²) in [7, 11) is 0. The van der Waals surface area contributed by atoms with Crippen molar-refractivity contribution in [2.24, 2.45) is 0 Å². The van der Waals surface area contributed by atoms with Crippen molar-refractivity contribution in [2.45, 2.75) is 31.8 Å². The number of fused-ring (bicyclic) bond motifs is 1. The maximum Gasteiger partial charge on any atom is 0.415 e. The van der Waals surface area contributed by atoms with Crippen LogP contribution < -0.4 is 5.32 Å². The molecule has 3 N–H and O–H groups in total. The number of halogens is 3. The molecule has 0 radical (unpaired) electrons. The van der Waals surface area contributed by atoms with E-state index < -0.39 is 18.3 Å². The third-order valence-corrected chi connectivity index (χ3v) is 3.11. The van der Waals surface area contributed by atoms with Crippen molar-refractivity contribution in [3.63, 3.8) is 0 Å². The largest absolute Gasteiger partial charge is 0.415 e. The van der Waals surface area contributed by atoms with Crippen LogP contribution in [0.15, 0.2) is 30.5 Å². The molecule has 0 spiro atoms. The minimum absolute atomic E-state index is 0.267. The van der Waals surface area contributed by atoms with E-state index in [9.17, 15) is 13.2 Å². The molecule has 104 valence electrons. The lowest BCUT2D eigenvalue weighted by atomic mass is 10.1. The Kier molecular flexibility index (Phi) is 3.82. The van der Waals surface area contributed by atoms with Gasteiger partial charge in [-0.05, 0) is 24.6 Å². The van der Waals surface area contributed by atoms with Crippen molar-refractivity contribution < 1.29 is 18.3 Å². The lowest BCUT2D eigenvalue weighted by Crippen LogP contribution is -2.45. The normalized spacial score (nSPS) is 15.6. The standard InChI is InChI=1S/C13H15F3N2O/c1-8(12(19)13(14,15)16)18-7-9-3-2-4-11-10(9)5-6-17-11/h2-6,8,12,17-19H,7H2,1H3. The van der Waals surface area contributed by atoms with Crippen LogP contribution in [0.2, 0.25) is 0 Å². The Balaban J connectivity index is 2.05. The zero-order valence-corrected chi connectivity index (χ0v) is 10.3. The Labute approximate surface area is 108 Å². The summed E-state index contributed by atoms with van der Waals surface area (Å²) in [6.07, 6.45) is -5.19. The first kappa shape index (κ1) is 13.9. The highest BCUT2D eigenvalue weighted by Crippen LogP contribution is 2.23. The fraction of sp³-hybridized carbons (Fsp3) is 0.385. The van der Waals surface area contributed by atoms with Gasteiger partial charge in [0.15, 0.2) is 6.10 Å². The third kappa shape index (κ3) is 3.08. The van der Waals surface area contributed by atoms with Gasteiger partial charge in [0.2, 0.25) is 0 Å². The average molecular weight is 272 g/mol. The second-order valence-corrected chi connectivity index (χ2v) is 4.51. The number of hydrogen-bond donors (Lipinski definition) is 3. The van der Waals surface area contributed by atoms with E-state index in [1.165, 1.54) is 6.92 Å². The molecule has 6 heteroatoms. The van der Waals surface area contributed by atoms with Crippen molar-refractivity contribution in [2.75, 3.05) is 0 Å². The van der Waals surface area contributed by atoms with Gasteiger partial charge in [0.05, 0.1) is 0 Å². The fourth-order valence-electron chi connectivity index (χ4n) is 1.97. The number of alkyl halides is 3. The van der Waals surface area contributed by atoms with Gasteiger partial charge in [0, 0.05) is 29.7 Å². The number of H-pyrrole nitrogens is 1. The molecule has 2 unspecified atom stereocenters. The quantitative estimate of drug-likeness (QED) is 0.801. The van der Waals surface area contributed by atoms with Crippen LogP contribution in [0.3, 0.4) is 0 Å². The van der Waals surface area contributed by atoms with Crippen LogP contribution in [0.1, 0.15) is 12.5 Å². The van der Waals surface area contributed by atoms with Gasteiger partial charge in [-0.15, -0.1) is 0 Å². The predicted molar refractivity (Wildman–Crippen MR) is 66.7 cm³/mol. The summed E-state index contributed by atoms with van der Waals surface area (Å²) in [6.45, 7) is 1.58. The molecule has 19 heavy (non-hydrogen) atoms. The maximum absolute atomic E-state index is 12.3. The molecule has 0 saturated heterocycles. The molecule has 1 aromatic heterocycles. The lowest BCUT2D eigenvalue weighted by Gasteiger charge is -2.22. The molecule has 0 bridgehead atoms. The first-order valence-corrected chi connectivity index (χ1v) is 5.92. The number of aromatic nitrogens is 1. The highest BCUT2D eigenvalue weighted by molar-refractivity contribution is 5.82. The number of aliphatic hydroxyl groups is 1. The number of aliphatic hydroxyl groups excluding tert-OH is 1. The molecule has 1 aromatic carbocycles. The van der Waals surface area contributed by atoms with Gasteiger partial charge in [-0.3, -0.25) is 0 Å². The van der Waals surface area contributed by atoms with Crippen molar-refractivity contribution in [1.82, 2.24) is 10.3 Å². The van der Waals surface area contributed by atoms with E-state index in [0.29, 0.717) is 0 Å². The van der Waals surface area contributed by atoms with E-state index in [4.69, 9.17) is 5.11 Å². The molecule has 0 aliphatic rings. The van der Waals surface area contributed by atoms with Gasteiger partial charge in [-0.2, -0.15) is 13.2 Å².